The van der Waals surface area contributed by atoms with Crippen molar-refractivity contribution in [1.29, 1.82) is 0 Å². The van der Waals surface area contributed by atoms with E-state index in [9.17, 15) is 4.79 Å². The molecule has 0 spiro atoms. The van der Waals surface area contributed by atoms with Crippen LogP contribution in [0.2, 0.25) is 5.02 Å². The fourth-order valence-corrected chi connectivity index (χ4v) is 4.42. The second-order valence-corrected chi connectivity index (χ2v) is 8.79. The summed E-state index contributed by atoms with van der Waals surface area (Å²) < 4.78 is 5.41. The third-order valence-electron chi connectivity index (χ3n) is 5.00. The highest BCUT2D eigenvalue weighted by molar-refractivity contribution is 7.99. The van der Waals surface area contributed by atoms with Gasteiger partial charge < -0.3 is 4.74 Å². The van der Waals surface area contributed by atoms with Gasteiger partial charge in [0.25, 0.3) is 0 Å². The van der Waals surface area contributed by atoms with Gasteiger partial charge in [-0.2, -0.15) is 0 Å². The third kappa shape index (κ3) is 4.17. The molecule has 0 N–H and O–H groups in total. The molecule has 0 atom stereocenters. The number of aromatic nitrogens is 1. The highest BCUT2D eigenvalue weighted by Crippen LogP contribution is 2.33. The Balaban J connectivity index is 1.60. The third-order valence-corrected chi connectivity index (χ3v) is 6.28. The molecule has 1 aromatic heterocycles. The van der Waals surface area contributed by atoms with Gasteiger partial charge in [0.05, 0.1) is 5.52 Å². The van der Waals surface area contributed by atoms with Crippen molar-refractivity contribution in [1.82, 2.24) is 4.98 Å². The molecule has 0 fully saturated rings. The number of carbonyl (C=O) groups excluding carboxylic acids is 1. The first-order valence-corrected chi connectivity index (χ1v) is 11.2. The topological polar surface area (TPSA) is 51.5 Å². The number of nitrogens with zero attached hydrogens (tertiary/aromatic N) is 2. The number of ether oxygens (including phenoxy) is 1. The van der Waals surface area contributed by atoms with Gasteiger partial charge in [-0.3, -0.25) is 0 Å². The summed E-state index contributed by atoms with van der Waals surface area (Å²) in [5.41, 5.74) is 3.77. The number of rotatable bonds is 4. The van der Waals surface area contributed by atoms with E-state index >= 15 is 0 Å². The lowest BCUT2D eigenvalue weighted by atomic mass is 10.1. The quantitative estimate of drug-likeness (QED) is 0.253. The molecule has 3 aromatic carbocycles. The molecule has 0 radical (unpaired) electrons. The molecular weight excluding hydrogens is 440 g/mol. The number of carbonyl (C=O) groups is 1. The second-order valence-electron chi connectivity index (χ2n) is 7.29. The number of hydrogen-bond donors (Lipinski definition) is 0. The number of cyclic esters (lactones) is 1. The first kappa shape index (κ1) is 20.5. The van der Waals surface area contributed by atoms with Crippen LogP contribution < -0.4 is 0 Å². The molecule has 0 bridgehead atoms. The van der Waals surface area contributed by atoms with Crippen molar-refractivity contribution < 1.29 is 9.53 Å². The second kappa shape index (κ2) is 8.61. The van der Waals surface area contributed by atoms with Gasteiger partial charge in [-0.25, -0.2) is 14.8 Å². The monoisotopic (exact) mass is 456 g/mol. The summed E-state index contributed by atoms with van der Waals surface area (Å²) in [6.07, 6.45) is 1.74. The molecule has 156 valence electrons. The number of halogens is 1. The summed E-state index contributed by atoms with van der Waals surface area (Å²) >= 11 is 7.51. The maximum Gasteiger partial charge on any atom is 0.363 e. The fraction of sp³-hybridized carbons (Fsp3) is 0.0385. The van der Waals surface area contributed by atoms with E-state index in [4.69, 9.17) is 21.3 Å². The SMILES string of the molecule is Cc1cccc2cc(/C=C3/N=C(c4ccc(Cl)cc4)OC3=O)c(Sc3ccccc3)nc12. The van der Waals surface area contributed by atoms with Crippen LogP contribution in [-0.4, -0.2) is 16.9 Å². The molecule has 32 heavy (non-hydrogen) atoms. The van der Waals surface area contributed by atoms with Gasteiger partial charge >= 0.3 is 5.97 Å². The minimum Gasteiger partial charge on any atom is -0.402 e. The minimum atomic E-state index is -0.491. The number of fused-ring (bicyclic) bond motifs is 1. The Bertz CT molecular complexity index is 1400. The van der Waals surface area contributed by atoms with E-state index in [1.165, 1.54) is 0 Å². The van der Waals surface area contributed by atoms with Crippen LogP contribution in [0.25, 0.3) is 17.0 Å². The Morgan fingerprint density at radius 2 is 1.75 bits per heavy atom. The molecule has 2 heterocycles. The molecule has 4 nitrogen and oxygen atoms in total. The Hall–Kier alpha value is -3.41. The van der Waals surface area contributed by atoms with Crippen LogP contribution in [-0.2, 0) is 9.53 Å². The van der Waals surface area contributed by atoms with Gasteiger partial charge in [0.1, 0.15) is 5.03 Å². The zero-order chi connectivity index (χ0) is 22.1. The van der Waals surface area contributed by atoms with Crippen LogP contribution in [0, 0.1) is 6.92 Å². The van der Waals surface area contributed by atoms with Gasteiger partial charge in [-0.15, -0.1) is 0 Å². The zero-order valence-corrected chi connectivity index (χ0v) is 18.7. The van der Waals surface area contributed by atoms with Crippen LogP contribution in [0.5, 0.6) is 0 Å². The summed E-state index contributed by atoms with van der Waals surface area (Å²) in [4.78, 5) is 23.0. The lowest BCUT2D eigenvalue weighted by Gasteiger charge is -2.09. The van der Waals surface area contributed by atoms with E-state index < -0.39 is 5.97 Å². The zero-order valence-electron chi connectivity index (χ0n) is 17.1. The van der Waals surface area contributed by atoms with Crippen molar-refractivity contribution >= 4 is 52.2 Å². The van der Waals surface area contributed by atoms with Crippen LogP contribution in [0.15, 0.2) is 99.5 Å². The lowest BCUT2D eigenvalue weighted by Crippen LogP contribution is -2.05. The number of esters is 1. The van der Waals surface area contributed by atoms with Crippen LogP contribution in [0.3, 0.4) is 0 Å². The highest BCUT2D eigenvalue weighted by Gasteiger charge is 2.25. The maximum atomic E-state index is 12.6. The van der Waals surface area contributed by atoms with Crippen molar-refractivity contribution in [2.24, 2.45) is 4.99 Å². The number of aliphatic imine (C=N–C) groups is 1. The molecule has 0 aliphatic carbocycles. The van der Waals surface area contributed by atoms with E-state index in [-0.39, 0.29) is 11.6 Å². The molecule has 1 aliphatic heterocycles. The summed E-state index contributed by atoms with van der Waals surface area (Å²) in [6, 6.07) is 25.1. The van der Waals surface area contributed by atoms with E-state index in [2.05, 4.69) is 4.99 Å². The number of para-hydroxylation sites is 1. The van der Waals surface area contributed by atoms with Gasteiger partial charge in [0.2, 0.25) is 5.90 Å². The fourth-order valence-electron chi connectivity index (χ4n) is 3.40. The number of aryl methyl sites for hydroxylation is 1. The Labute approximate surface area is 194 Å². The van der Waals surface area contributed by atoms with Crippen LogP contribution >= 0.6 is 23.4 Å². The average Bonchev–Trinajstić information content (AvgIpc) is 3.16. The van der Waals surface area contributed by atoms with E-state index in [1.807, 2.05) is 61.5 Å². The molecule has 0 amide bonds. The van der Waals surface area contributed by atoms with Gasteiger partial charge in [-0.1, -0.05) is 59.8 Å². The van der Waals surface area contributed by atoms with E-state index in [0.717, 1.165) is 32.0 Å². The predicted octanol–water partition coefficient (Wildman–Crippen LogP) is 6.69. The largest absolute Gasteiger partial charge is 0.402 e. The molecule has 5 rings (SSSR count). The minimum absolute atomic E-state index is 0.235. The normalized spacial score (nSPS) is 14.6. The smallest absolute Gasteiger partial charge is 0.363 e. The molecular formula is C26H17ClN2O2S. The van der Waals surface area contributed by atoms with Crippen molar-refractivity contribution in [3.05, 3.63) is 106 Å². The first-order valence-electron chi connectivity index (χ1n) is 9.98. The Morgan fingerprint density at radius 1 is 0.969 bits per heavy atom. The molecule has 0 saturated heterocycles. The summed E-state index contributed by atoms with van der Waals surface area (Å²) in [6.45, 7) is 2.04. The average molecular weight is 457 g/mol. The Kier molecular flexibility index (Phi) is 5.52. The number of pyridine rings is 1. The number of hydrogen-bond acceptors (Lipinski definition) is 5. The predicted molar refractivity (Wildman–Crippen MR) is 129 cm³/mol. The first-order chi connectivity index (χ1) is 15.6. The van der Waals surface area contributed by atoms with Gasteiger partial charge in [0.15, 0.2) is 5.70 Å². The van der Waals surface area contributed by atoms with Crippen LogP contribution in [0.4, 0.5) is 0 Å². The van der Waals surface area contributed by atoms with Crippen molar-refractivity contribution in [2.45, 2.75) is 16.8 Å². The van der Waals surface area contributed by atoms with Crippen molar-refractivity contribution in [3.63, 3.8) is 0 Å². The molecule has 6 heteroatoms. The van der Waals surface area contributed by atoms with E-state index in [0.29, 0.717) is 10.6 Å². The maximum absolute atomic E-state index is 12.6. The standard InChI is InChI=1S/C26H17ClN2O2S/c1-16-6-5-7-18-14-19(25(29-23(16)18)32-21-8-3-2-4-9-21)15-22-26(30)31-24(28-22)17-10-12-20(27)13-11-17/h2-15H,1H3/b22-15+. The summed E-state index contributed by atoms with van der Waals surface area (Å²) in [7, 11) is 0. The van der Waals surface area contributed by atoms with E-state index in [1.54, 1.807) is 42.1 Å². The molecule has 1 aliphatic rings. The molecule has 4 aromatic rings. The summed E-state index contributed by atoms with van der Waals surface area (Å²) in [5, 5.41) is 2.41. The van der Waals surface area contributed by atoms with Crippen LogP contribution in [0.1, 0.15) is 16.7 Å². The van der Waals surface area contributed by atoms with Crippen molar-refractivity contribution in [2.75, 3.05) is 0 Å². The summed E-state index contributed by atoms with van der Waals surface area (Å²) in [5.74, 6) is -0.227. The van der Waals surface area contributed by atoms with Gasteiger partial charge in [0, 0.05) is 26.4 Å². The Morgan fingerprint density at radius 3 is 2.53 bits per heavy atom. The molecule has 0 saturated carbocycles. The van der Waals surface area contributed by atoms with Gasteiger partial charge in [-0.05, 0) is 61.0 Å². The van der Waals surface area contributed by atoms with Crippen molar-refractivity contribution in [3.8, 4) is 0 Å². The molecule has 0 unspecified atom stereocenters. The number of benzene rings is 3. The highest BCUT2D eigenvalue weighted by atomic mass is 35.5. The lowest BCUT2D eigenvalue weighted by molar-refractivity contribution is -0.129.